The van der Waals surface area contributed by atoms with Crippen LogP contribution in [-0.4, -0.2) is 35.2 Å². The summed E-state index contributed by atoms with van der Waals surface area (Å²) in [7, 11) is 0. The van der Waals surface area contributed by atoms with Crippen LogP contribution in [0.5, 0.6) is 5.75 Å². The van der Waals surface area contributed by atoms with Crippen LogP contribution in [0, 0.1) is 0 Å². The number of rotatable bonds is 7. The lowest BCUT2D eigenvalue weighted by Crippen LogP contribution is -2.33. The molecular weight excluding hydrogens is 382 g/mol. The zero-order valence-electron chi connectivity index (χ0n) is 14.8. The van der Waals surface area contributed by atoms with E-state index in [4.69, 9.17) is 21.4 Å². The van der Waals surface area contributed by atoms with Gasteiger partial charge >= 0.3 is 6.09 Å². The van der Waals surface area contributed by atoms with Crippen molar-refractivity contribution in [2.24, 2.45) is 0 Å². The van der Waals surface area contributed by atoms with Crippen LogP contribution in [0.25, 0.3) is 10.9 Å². The minimum Gasteiger partial charge on any atom is -0.489 e. The maximum atomic E-state index is 12.1. The topological polar surface area (TPSA) is 101 Å². The molecule has 3 rings (SSSR count). The average molecular weight is 400 g/mol. The van der Waals surface area contributed by atoms with Gasteiger partial charge in [0.1, 0.15) is 12.4 Å². The minimum atomic E-state index is -1.13. The second-order valence-corrected chi connectivity index (χ2v) is 6.42. The summed E-state index contributed by atoms with van der Waals surface area (Å²) >= 11 is 5.97. The molecule has 0 aliphatic carbocycles. The maximum Gasteiger partial charge on any atom is 0.404 e. The molecule has 28 heavy (non-hydrogen) atoms. The van der Waals surface area contributed by atoms with Crippen molar-refractivity contribution in [2.75, 3.05) is 13.1 Å². The van der Waals surface area contributed by atoms with Crippen molar-refractivity contribution in [3.8, 4) is 5.75 Å². The van der Waals surface area contributed by atoms with Crippen LogP contribution in [0.15, 0.2) is 54.7 Å². The van der Waals surface area contributed by atoms with Crippen molar-refractivity contribution in [2.45, 2.75) is 6.61 Å². The average Bonchev–Trinajstić information content (AvgIpc) is 2.69. The highest BCUT2D eigenvalue weighted by molar-refractivity contribution is 6.30. The molecule has 0 saturated carbocycles. The lowest BCUT2D eigenvalue weighted by atomic mass is 10.1. The molecule has 144 valence electrons. The molecule has 0 atom stereocenters. The van der Waals surface area contributed by atoms with Crippen LogP contribution in [0.3, 0.4) is 0 Å². The Bertz CT molecular complexity index is 1010. The normalized spacial score (nSPS) is 10.5. The molecule has 2 aromatic carbocycles. The molecule has 8 heteroatoms. The lowest BCUT2D eigenvalue weighted by Gasteiger charge is -2.09. The van der Waals surface area contributed by atoms with Crippen molar-refractivity contribution in [3.63, 3.8) is 0 Å². The SMILES string of the molecule is O=C(O)NCCNC(=O)c1cnc2cc(OCc3cccc(Cl)c3)ccc2c1. The van der Waals surface area contributed by atoms with Crippen molar-refractivity contribution in [1.82, 2.24) is 15.6 Å². The monoisotopic (exact) mass is 399 g/mol. The Kier molecular flexibility index (Phi) is 6.29. The summed E-state index contributed by atoms with van der Waals surface area (Å²) in [6.45, 7) is 0.714. The zero-order valence-corrected chi connectivity index (χ0v) is 15.6. The summed E-state index contributed by atoms with van der Waals surface area (Å²) in [6, 6.07) is 14.6. The first-order chi connectivity index (χ1) is 13.5. The number of nitrogens with zero attached hydrogens (tertiary/aromatic N) is 1. The molecule has 0 aliphatic rings. The first-order valence-corrected chi connectivity index (χ1v) is 8.91. The van der Waals surface area contributed by atoms with Crippen molar-refractivity contribution < 1.29 is 19.4 Å². The number of hydrogen-bond acceptors (Lipinski definition) is 4. The minimum absolute atomic E-state index is 0.134. The number of nitrogens with one attached hydrogen (secondary N) is 2. The first kappa shape index (κ1) is 19.4. The Labute approximate surface area is 166 Å². The van der Waals surface area contributed by atoms with Gasteiger partial charge in [-0.2, -0.15) is 0 Å². The van der Waals surface area contributed by atoms with Crippen molar-refractivity contribution in [3.05, 3.63) is 70.9 Å². The summed E-state index contributed by atoms with van der Waals surface area (Å²) in [6.07, 6.45) is 0.346. The number of aromatic nitrogens is 1. The smallest absolute Gasteiger partial charge is 0.404 e. The van der Waals surface area contributed by atoms with Gasteiger partial charge in [0.2, 0.25) is 0 Å². The number of benzene rings is 2. The summed E-state index contributed by atoms with van der Waals surface area (Å²) in [5, 5.41) is 14.8. The second-order valence-electron chi connectivity index (χ2n) is 5.98. The van der Waals surface area contributed by atoms with E-state index >= 15 is 0 Å². The van der Waals surface area contributed by atoms with Crippen LogP contribution in [0.2, 0.25) is 5.02 Å². The second kappa shape index (κ2) is 9.05. The van der Waals surface area contributed by atoms with E-state index in [2.05, 4.69) is 15.6 Å². The molecule has 0 spiro atoms. The van der Waals surface area contributed by atoms with Gasteiger partial charge in [-0.25, -0.2) is 4.79 Å². The van der Waals surface area contributed by atoms with E-state index in [1.54, 1.807) is 18.2 Å². The molecule has 3 aromatic rings. The number of pyridine rings is 1. The number of ether oxygens (including phenoxy) is 1. The molecule has 0 bridgehead atoms. The maximum absolute atomic E-state index is 12.1. The largest absolute Gasteiger partial charge is 0.489 e. The van der Waals surface area contributed by atoms with Crippen LogP contribution in [0.4, 0.5) is 4.79 Å². The molecule has 0 saturated heterocycles. The summed E-state index contributed by atoms with van der Waals surface area (Å²) < 4.78 is 5.78. The molecule has 0 fully saturated rings. The predicted octanol–water partition coefficient (Wildman–Crippen LogP) is 3.46. The number of hydrogen-bond donors (Lipinski definition) is 3. The van der Waals surface area contributed by atoms with E-state index in [9.17, 15) is 9.59 Å². The number of carbonyl (C=O) groups excluding carboxylic acids is 1. The van der Waals surface area contributed by atoms with E-state index in [1.807, 2.05) is 30.3 Å². The fourth-order valence-corrected chi connectivity index (χ4v) is 2.77. The van der Waals surface area contributed by atoms with Gasteiger partial charge in [-0.15, -0.1) is 0 Å². The van der Waals surface area contributed by atoms with Gasteiger partial charge in [0.25, 0.3) is 5.91 Å². The molecule has 0 aliphatic heterocycles. The summed E-state index contributed by atoms with van der Waals surface area (Å²) in [5.41, 5.74) is 2.06. The van der Waals surface area contributed by atoms with Gasteiger partial charge in [-0.3, -0.25) is 9.78 Å². The highest BCUT2D eigenvalue weighted by Crippen LogP contribution is 2.21. The van der Waals surface area contributed by atoms with Gasteiger partial charge in [-0.05, 0) is 35.9 Å². The highest BCUT2D eigenvalue weighted by Gasteiger charge is 2.08. The fourth-order valence-electron chi connectivity index (χ4n) is 2.56. The van der Waals surface area contributed by atoms with Crippen LogP contribution in [-0.2, 0) is 6.61 Å². The third-order valence-electron chi connectivity index (χ3n) is 3.90. The van der Waals surface area contributed by atoms with Crippen LogP contribution >= 0.6 is 11.6 Å². The third kappa shape index (κ3) is 5.34. The lowest BCUT2D eigenvalue weighted by molar-refractivity contribution is 0.0953. The Balaban J connectivity index is 1.63. The molecule has 0 unspecified atom stereocenters. The highest BCUT2D eigenvalue weighted by atomic mass is 35.5. The third-order valence-corrected chi connectivity index (χ3v) is 4.13. The predicted molar refractivity (Wildman–Crippen MR) is 106 cm³/mol. The van der Waals surface area contributed by atoms with E-state index in [0.717, 1.165) is 10.9 Å². The Hall–Kier alpha value is -3.32. The molecule has 2 amide bonds. The van der Waals surface area contributed by atoms with Crippen molar-refractivity contribution in [1.29, 1.82) is 0 Å². The summed E-state index contributed by atoms with van der Waals surface area (Å²) in [4.78, 5) is 26.8. The molecule has 3 N–H and O–H groups in total. The summed E-state index contributed by atoms with van der Waals surface area (Å²) in [5.74, 6) is 0.347. The number of carboxylic acid groups (broad SMARTS) is 1. The number of halogens is 1. The quantitative estimate of drug-likeness (QED) is 0.528. The standard InChI is InChI=1S/C20H18ClN3O4/c21-16-3-1-2-13(8-16)12-28-17-5-4-14-9-15(11-24-18(14)10-17)19(25)22-6-7-23-20(26)27/h1-5,8-11,23H,6-7,12H2,(H,22,25)(H,26,27). The van der Waals surface area contributed by atoms with E-state index in [0.29, 0.717) is 28.5 Å². The first-order valence-electron chi connectivity index (χ1n) is 8.53. The van der Waals surface area contributed by atoms with Crippen molar-refractivity contribution >= 4 is 34.5 Å². The molecule has 0 radical (unpaired) electrons. The Morgan fingerprint density at radius 1 is 1.07 bits per heavy atom. The van der Waals surface area contributed by atoms with E-state index in [-0.39, 0.29) is 19.0 Å². The number of fused-ring (bicyclic) bond motifs is 1. The van der Waals surface area contributed by atoms with Gasteiger partial charge in [0.05, 0.1) is 11.1 Å². The van der Waals surface area contributed by atoms with E-state index < -0.39 is 6.09 Å². The Morgan fingerprint density at radius 2 is 1.89 bits per heavy atom. The number of amides is 2. The molecule has 7 nitrogen and oxygen atoms in total. The van der Waals surface area contributed by atoms with Crippen LogP contribution in [0.1, 0.15) is 15.9 Å². The van der Waals surface area contributed by atoms with Gasteiger partial charge in [0.15, 0.2) is 0 Å². The fraction of sp³-hybridized carbons (Fsp3) is 0.150. The zero-order chi connectivity index (χ0) is 19.9. The van der Waals surface area contributed by atoms with Gasteiger partial charge in [-0.1, -0.05) is 23.7 Å². The molecular formula is C20H18ClN3O4. The van der Waals surface area contributed by atoms with Gasteiger partial charge in [0, 0.05) is 35.8 Å². The Morgan fingerprint density at radius 3 is 2.68 bits per heavy atom. The molecule has 1 heterocycles. The van der Waals surface area contributed by atoms with E-state index in [1.165, 1.54) is 6.20 Å². The molecule has 1 aromatic heterocycles. The van der Waals surface area contributed by atoms with Gasteiger partial charge < -0.3 is 20.5 Å². The van der Waals surface area contributed by atoms with Crippen LogP contribution < -0.4 is 15.4 Å². The number of carbonyl (C=O) groups is 2.